The summed E-state index contributed by atoms with van der Waals surface area (Å²) in [6.45, 7) is 3.65. The molecule has 4 rings (SSSR count). The second-order valence-corrected chi connectivity index (χ2v) is 6.73. The topological polar surface area (TPSA) is 39.9 Å². The highest BCUT2D eigenvalue weighted by molar-refractivity contribution is 7.17. The van der Waals surface area contributed by atoms with Gasteiger partial charge in [0.2, 0.25) is 5.88 Å². The van der Waals surface area contributed by atoms with E-state index in [0.717, 1.165) is 30.4 Å². The van der Waals surface area contributed by atoms with Crippen LogP contribution in [0.25, 0.3) is 21.1 Å². The Labute approximate surface area is 144 Å². The van der Waals surface area contributed by atoms with Crippen LogP contribution in [0, 0.1) is 0 Å². The lowest BCUT2D eigenvalue weighted by Gasteiger charge is -2.09. The molecule has 0 saturated heterocycles. The smallest absolute Gasteiger partial charge is 0.240 e. The van der Waals surface area contributed by atoms with Crippen LogP contribution in [0.1, 0.15) is 25.3 Å². The molecular weight excluding hydrogens is 318 g/mol. The number of ether oxygens (including phenoxy) is 1. The third-order valence-corrected chi connectivity index (χ3v) is 5.18. The predicted molar refractivity (Wildman–Crippen MR) is 98.6 cm³/mol. The molecule has 0 atom stereocenters. The van der Waals surface area contributed by atoms with Crippen LogP contribution in [0.2, 0.25) is 0 Å². The van der Waals surface area contributed by atoms with Crippen molar-refractivity contribution in [2.24, 2.45) is 0 Å². The summed E-state index contributed by atoms with van der Waals surface area (Å²) in [7, 11) is 0. The number of hydrogen-bond acceptors (Lipinski definition) is 4. The average molecular weight is 337 g/mol. The first-order chi connectivity index (χ1) is 11.9. The summed E-state index contributed by atoms with van der Waals surface area (Å²) in [6, 6.07) is 10.4. The van der Waals surface area contributed by atoms with Crippen molar-refractivity contribution in [2.75, 3.05) is 0 Å². The first-order valence-corrected chi connectivity index (χ1v) is 9.12. The third-order valence-electron chi connectivity index (χ3n) is 4.17. The van der Waals surface area contributed by atoms with Crippen LogP contribution in [0.4, 0.5) is 0 Å². The molecule has 0 fully saturated rings. The monoisotopic (exact) mass is 337 g/mol. The molecule has 0 spiro atoms. The summed E-state index contributed by atoms with van der Waals surface area (Å²) in [6.07, 6.45) is 5.92. The molecule has 1 aromatic carbocycles. The summed E-state index contributed by atoms with van der Waals surface area (Å²) >= 11 is 1.75. The van der Waals surface area contributed by atoms with Gasteiger partial charge >= 0.3 is 0 Å². The lowest BCUT2D eigenvalue weighted by molar-refractivity contribution is 0.298. The molecule has 0 saturated carbocycles. The number of imidazole rings is 1. The second-order valence-electron chi connectivity index (χ2n) is 5.82. The number of unbranched alkanes of at least 4 members (excludes halogenated alkanes) is 1. The Morgan fingerprint density at radius 3 is 3.00 bits per heavy atom. The Morgan fingerprint density at radius 2 is 2.08 bits per heavy atom. The molecule has 3 aromatic heterocycles. The zero-order chi connectivity index (χ0) is 16.4. The number of fused-ring (bicyclic) bond motifs is 2. The van der Waals surface area contributed by atoms with Crippen LogP contribution in [0.15, 0.2) is 48.2 Å². The molecule has 0 N–H and O–H groups in total. The normalized spacial score (nSPS) is 11.4. The molecule has 4 aromatic rings. The van der Waals surface area contributed by atoms with Gasteiger partial charge in [-0.2, -0.15) is 0 Å². The fourth-order valence-electron chi connectivity index (χ4n) is 2.88. The number of thiophene rings is 1. The maximum absolute atomic E-state index is 6.09. The third kappa shape index (κ3) is 2.76. The average Bonchev–Trinajstić information content (AvgIpc) is 3.22. The highest BCUT2D eigenvalue weighted by Gasteiger charge is 2.12. The van der Waals surface area contributed by atoms with Crippen molar-refractivity contribution < 1.29 is 4.74 Å². The van der Waals surface area contributed by atoms with E-state index in [1.807, 2.05) is 12.4 Å². The van der Waals surface area contributed by atoms with Crippen molar-refractivity contribution in [3.8, 4) is 5.88 Å². The molecule has 0 aliphatic heterocycles. The van der Waals surface area contributed by atoms with E-state index in [4.69, 9.17) is 4.74 Å². The summed E-state index contributed by atoms with van der Waals surface area (Å²) in [4.78, 5) is 8.92. The van der Waals surface area contributed by atoms with Gasteiger partial charge < -0.3 is 9.30 Å². The van der Waals surface area contributed by atoms with Crippen LogP contribution in [-0.4, -0.2) is 14.5 Å². The minimum atomic E-state index is 0.523. The first kappa shape index (κ1) is 15.1. The number of pyridine rings is 1. The standard InChI is InChI=1S/C19H19N3OS/c1-2-3-10-22-13-21-16-8-9-20-19(18(16)22)23-11-14-12-24-17-7-5-4-6-15(14)17/h4-9,12-13H,2-3,10-11H2,1H3. The molecule has 0 radical (unpaired) electrons. The van der Waals surface area contributed by atoms with E-state index in [2.05, 4.69) is 51.1 Å². The van der Waals surface area contributed by atoms with E-state index in [1.165, 1.54) is 15.6 Å². The minimum absolute atomic E-state index is 0.523. The zero-order valence-electron chi connectivity index (χ0n) is 13.6. The molecule has 0 bridgehead atoms. The molecule has 122 valence electrons. The quantitative estimate of drug-likeness (QED) is 0.496. The van der Waals surface area contributed by atoms with Gasteiger partial charge in [0.05, 0.1) is 11.8 Å². The van der Waals surface area contributed by atoms with E-state index < -0.39 is 0 Å². The van der Waals surface area contributed by atoms with Crippen LogP contribution in [-0.2, 0) is 13.2 Å². The van der Waals surface area contributed by atoms with Crippen LogP contribution in [0.5, 0.6) is 5.88 Å². The molecule has 5 heteroatoms. The van der Waals surface area contributed by atoms with Gasteiger partial charge in [-0.3, -0.25) is 0 Å². The van der Waals surface area contributed by atoms with Gasteiger partial charge in [0.1, 0.15) is 12.1 Å². The molecule has 0 aliphatic carbocycles. The molecule has 0 unspecified atom stereocenters. The van der Waals surface area contributed by atoms with Crippen molar-refractivity contribution in [1.82, 2.24) is 14.5 Å². The predicted octanol–water partition coefficient (Wildman–Crippen LogP) is 5.03. The van der Waals surface area contributed by atoms with Crippen molar-refractivity contribution in [1.29, 1.82) is 0 Å². The number of rotatable bonds is 6. The summed E-state index contributed by atoms with van der Waals surface area (Å²) < 4.78 is 9.52. The van der Waals surface area contributed by atoms with E-state index >= 15 is 0 Å². The largest absolute Gasteiger partial charge is 0.471 e. The van der Waals surface area contributed by atoms with Gasteiger partial charge in [-0.05, 0) is 29.3 Å². The highest BCUT2D eigenvalue weighted by atomic mass is 32.1. The van der Waals surface area contributed by atoms with Gasteiger partial charge in [-0.25, -0.2) is 9.97 Å². The number of aromatic nitrogens is 3. The van der Waals surface area contributed by atoms with E-state index in [0.29, 0.717) is 12.5 Å². The van der Waals surface area contributed by atoms with Gasteiger partial charge in [0.15, 0.2) is 0 Å². The Morgan fingerprint density at radius 1 is 1.17 bits per heavy atom. The SMILES string of the molecule is CCCCn1cnc2ccnc(OCc3csc4ccccc34)c21. The minimum Gasteiger partial charge on any atom is -0.471 e. The second kappa shape index (κ2) is 6.61. The van der Waals surface area contributed by atoms with Gasteiger partial charge in [-0.15, -0.1) is 11.3 Å². The summed E-state index contributed by atoms with van der Waals surface area (Å²) in [5.41, 5.74) is 3.13. The van der Waals surface area contributed by atoms with Gasteiger partial charge in [-0.1, -0.05) is 31.5 Å². The number of benzene rings is 1. The summed E-state index contributed by atoms with van der Waals surface area (Å²) in [5.74, 6) is 0.663. The molecular formula is C19H19N3OS. The molecule has 0 amide bonds. The lowest BCUT2D eigenvalue weighted by Crippen LogP contribution is -2.01. The van der Waals surface area contributed by atoms with E-state index in [-0.39, 0.29) is 0 Å². The van der Waals surface area contributed by atoms with Crippen LogP contribution < -0.4 is 4.74 Å². The Bertz CT molecular complexity index is 973. The van der Waals surface area contributed by atoms with Crippen LogP contribution >= 0.6 is 11.3 Å². The fraction of sp³-hybridized carbons (Fsp3) is 0.263. The number of aryl methyl sites for hydroxylation is 1. The maximum atomic E-state index is 6.09. The van der Waals surface area contributed by atoms with Crippen molar-refractivity contribution in [2.45, 2.75) is 32.9 Å². The number of nitrogens with zero attached hydrogens (tertiary/aromatic N) is 3. The first-order valence-electron chi connectivity index (χ1n) is 8.24. The Balaban J connectivity index is 1.63. The molecule has 3 heterocycles. The molecule has 4 nitrogen and oxygen atoms in total. The highest BCUT2D eigenvalue weighted by Crippen LogP contribution is 2.28. The number of hydrogen-bond donors (Lipinski definition) is 0. The van der Waals surface area contributed by atoms with Crippen molar-refractivity contribution in [3.05, 3.63) is 53.8 Å². The lowest BCUT2D eigenvalue weighted by atomic mass is 10.2. The van der Waals surface area contributed by atoms with Crippen molar-refractivity contribution >= 4 is 32.5 Å². The van der Waals surface area contributed by atoms with Gasteiger partial charge in [0.25, 0.3) is 0 Å². The molecule has 24 heavy (non-hydrogen) atoms. The van der Waals surface area contributed by atoms with E-state index in [1.54, 1.807) is 17.5 Å². The zero-order valence-corrected chi connectivity index (χ0v) is 14.4. The summed E-state index contributed by atoms with van der Waals surface area (Å²) in [5, 5.41) is 3.42. The van der Waals surface area contributed by atoms with E-state index in [9.17, 15) is 0 Å². The fourth-order valence-corrected chi connectivity index (χ4v) is 3.83. The van der Waals surface area contributed by atoms with Crippen LogP contribution in [0.3, 0.4) is 0 Å². The van der Waals surface area contributed by atoms with Crippen molar-refractivity contribution in [3.63, 3.8) is 0 Å². The Hall–Kier alpha value is -2.40. The van der Waals surface area contributed by atoms with Gasteiger partial charge in [0, 0.05) is 23.0 Å². The Kier molecular flexibility index (Phi) is 4.17. The maximum Gasteiger partial charge on any atom is 0.240 e. The molecule has 0 aliphatic rings.